The minimum Gasteiger partial charge on any atom is -0.505 e. The summed E-state index contributed by atoms with van der Waals surface area (Å²) in [6.45, 7) is 2.48. The van der Waals surface area contributed by atoms with Crippen LogP contribution < -0.4 is 10.1 Å². The smallest absolute Gasteiger partial charge is 0.165 e. The molecule has 2 aliphatic rings. The van der Waals surface area contributed by atoms with Crippen molar-refractivity contribution in [1.82, 2.24) is 5.32 Å². The maximum Gasteiger partial charge on any atom is 0.165 e. The zero-order valence-corrected chi connectivity index (χ0v) is 10.1. The SMILES string of the molecule is Cl.Oc1cc2c(cc1F)C1(CCNCC1)CO2. The Morgan fingerprint density at radius 3 is 2.71 bits per heavy atom. The van der Waals surface area contributed by atoms with Crippen LogP contribution in [0.5, 0.6) is 11.5 Å². The zero-order valence-electron chi connectivity index (χ0n) is 9.33. The van der Waals surface area contributed by atoms with E-state index in [0.717, 1.165) is 31.5 Å². The second-order valence-electron chi connectivity index (χ2n) is 4.62. The van der Waals surface area contributed by atoms with E-state index in [-0.39, 0.29) is 23.6 Å². The van der Waals surface area contributed by atoms with Crippen LogP contribution in [-0.4, -0.2) is 24.8 Å². The number of phenols is 1. The van der Waals surface area contributed by atoms with Crippen LogP contribution >= 0.6 is 12.4 Å². The standard InChI is InChI=1S/C12H14FNO2.ClH/c13-9-5-8-11(6-10(9)15)16-7-12(8)1-3-14-4-2-12;/h5-6,14-15H,1-4,7H2;1H. The third-order valence-electron chi connectivity index (χ3n) is 3.69. The van der Waals surface area contributed by atoms with Gasteiger partial charge in [-0.3, -0.25) is 0 Å². The second kappa shape index (κ2) is 4.35. The van der Waals surface area contributed by atoms with Gasteiger partial charge in [0.05, 0.1) is 6.61 Å². The summed E-state index contributed by atoms with van der Waals surface area (Å²) in [7, 11) is 0. The molecular formula is C12H15ClFNO2. The van der Waals surface area contributed by atoms with E-state index in [1.165, 1.54) is 12.1 Å². The average Bonchev–Trinajstić information content (AvgIpc) is 2.60. The van der Waals surface area contributed by atoms with Gasteiger partial charge >= 0.3 is 0 Å². The number of hydrogen-bond acceptors (Lipinski definition) is 3. The number of benzene rings is 1. The molecule has 0 unspecified atom stereocenters. The molecular weight excluding hydrogens is 245 g/mol. The molecule has 0 bridgehead atoms. The van der Waals surface area contributed by atoms with Crippen molar-refractivity contribution in [3.8, 4) is 11.5 Å². The van der Waals surface area contributed by atoms with Gasteiger partial charge in [-0.25, -0.2) is 4.39 Å². The number of rotatable bonds is 0. The van der Waals surface area contributed by atoms with Gasteiger partial charge in [0.15, 0.2) is 11.6 Å². The van der Waals surface area contributed by atoms with Gasteiger partial charge in [-0.1, -0.05) is 0 Å². The van der Waals surface area contributed by atoms with Gasteiger partial charge in [0.1, 0.15) is 5.75 Å². The zero-order chi connectivity index (χ0) is 11.2. The van der Waals surface area contributed by atoms with Crippen LogP contribution in [0.3, 0.4) is 0 Å². The number of aromatic hydroxyl groups is 1. The number of fused-ring (bicyclic) bond motifs is 2. The van der Waals surface area contributed by atoms with Gasteiger partial charge in [0.2, 0.25) is 0 Å². The first-order valence-electron chi connectivity index (χ1n) is 5.58. The Morgan fingerprint density at radius 2 is 2.00 bits per heavy atom. The Balaban J connectivity index is 0.00000108. The molecule has 94 valence electrons. The van der Waals surface area contributed by atoms with Crippen molar-refractivity contribution in [1.29, 1.82) is 0 Å². The number of nitrogens with one attached hydrogen (secondary N) is 1. The van der Waals surface area contributed by atoms with Crippen LogP contribution in [0.25, 0.3) is 0 Å². The van der Waals surface area contributed by atoms with Crippen molar-refractivity contribution in [3.63, 3.8) is 0 Å². The second-order valence-corrected chi connectivity index (χ2v) is 4.62. The lowest BCUT2D eigenvalue weighted by molar-refractivity contribution is 0.220. The minimum absolute atomic E-state index is 0. The van der Waals surface area contributed by atoms with Crippen molar-refractivity contribution >= 4 is 12.4 Å². The van der Waals surface area contributed by atoms with E-state index in [1.54, 1.807) is 0 Å². The maximum absolute atomic E-state index is 13.4. The Labute approximate surface area is 105 Å². The third kappa shape index (κ3) is 1.85. The highest BCUT2D eigenvalue weighted by Crippen LogP contribution is 2.46. The summed E-state index contributed by atoms with van der Waals surface area (Å²) in [5.74, 6) is -0.243. The Morgan fingerprint density at radius 1 is 1.29 bits per heavy atom. The van der Waals surface area contributed by atoms with Crippen LogP contribution in [0, 0.1) is 5.82 Å². The predicted octanol–water partition coefficient (Wildman–Crippen LogP) is 1.97. The molecule has 5 heteroatoms. The normalized spacial score (nSPS) is 20.5. The predicted molar refractivity (Wildman–Crippen MR) is 64.6 cm³/mol. The van der Waals surface area contributed by atoms with Gasteiger partial charge in [0.25, 0.3) is 0 Å². The van der Waals surface area contributed by atoms with Crippen LogP contribution in [0.4, 0.5) is 4.39 Å². The highest BCUT2D eigenvalue weighted by molar-refractivity contribution is 5.85. The first kappa shape index (κ1) is 12.5. The summed E-state index contributed by atoms with van der Waals surface area (Å²) in [4.78, 5) is 0. The van der Waals surface area contributed by atoms with Gasteiger partial charge in [-0.2, -0.15) is 0 Å². The fourth-order valence-electron chi connectivity index (χ4n) is 2.69. The van der Waals surface area contributed by atoms with Crippen molar-refractivity contribution in [2.45, 2.75) is 18.3 Å². The van der Waals surface area contributed by atoms with E-state index in [2.05, 4.69) is 5.32 Å². The van der Waals surface area contributed by atoms with E-state index >= 15 is 0 Å². The van der Waals surface area contributed by atoms with Gasteiger partial charge in [-0.15, -0.1) is 12.4 Å². The van der Waals surface area contributed by atoms with Crippen molar-refractivity contribution in [2.24, 2.45) is 0 Å². The lowest BCUT2D eigenvalue weighted by atomic mass is 9.75. The summed E-state index contributed by atoms with van der Waals surface area (Å²) in [5.41, 5.74) is 0.874. The summed E-state index contributed by atoms with van der Waals surface area (Å²) in [6, 6.07) is 2.82. The highest BCUT2D eigenvalue weighted by Gasteiger charge is 2.42. The molecule has 2 aliphatic heterocycles. The number of halogens is 2. The van der Waals surface area contributed by atoms with Gasteiger partial charge in [-0.05, 0) is 32.0 Å². The average molecular weight is 260 g/mol. The lowest BCUT2D eigenvalue weighted by Gasteiger charge is -2.32. The molecule has 1 aromatic carbocycles. The number of piperidine rings is 1. The van der Waals surface area contributed by atoms with E-state index in [0.29, 0.717) is 12.4 Å². The fraction of sp³-hybridized carbons (Fsp3) is 0.500. The molecule has 2 heterocycles. The summed E-state index contributed by atoms with van der Waals surface area (Å²) < 4.78 is 19.0. The lowest BCUT2D eigenvalue weighted by Crippen LogP contribution is -2.41. The molecule has 0 aromatic heterocycles. The van der Waals surface area contributed by atoms with Gasteiger partial charge < -0.3 is 15.2 Å². The maximum atomic E-state index is 13.4. The fourth-order valence-corrected chi connectivity index (χ4v) is 2.69. The van der Waals surface area contributed by atoms with E-state index in [9.17, 15) is 9.50 Å². The summed E-state index contributed by atoms with van der Waals surface area (Å²) in [6.07, 6.45) is 1.93. The largest absolute Gasteiger partial charge is 0.505 e. The molecule has 17 heavy (non-hydrogen) atoms. The molecule has 1 aromatic rings. The van der Waals surface area contributed by atoms with Crippen molar-refractivity contribution in [3.05, 3.63) is 23.5 Å². The van der Waals surface area contributed by atoms with Crippen LogP contribution in [0.2, 0.25) is 0 Å². The molecule has 0 radical (unpaired) electrons. The minimum atomic E-state index is -0.554. The first-order valence-corrected chi connectivity index (χ1v) is 5.58. The molecule has 0 atom stereocenters. The molecule has 0 saturated carbocycles. The Bertz CT molecular complexity index is 433. The summed E-state index contributed by atoms with van der Waals surface area (Å²) >= 11 is 0. The van der Waals surface area contributed by atoms with E-state index in [4.69, 9.17) is 4.74 Å². The Kier molecular flexibility index (Phi) is 3.19. The molecule has 1 saturated heterocycles. The monoisotopic (exact) mass is 259 g/mol. The molecule has 1 spiro atoms. The van der Waals surface area contributed by atoms with Gasteiger partial charge in [0, 0.05) is 17.0 Å². The molecule has 3 rings (SSSR count). The molecule has 0 amide bonds. The molecule has 3 nitrogen and oxygen atoms in total. The number of phenolic OH excluding ortho intramolecular Hbond substituents is 1. The third-order valence-corrected chi connectivity index (χ3v) is 3.69. The molecule has 0 aliphatic carbocycles. The Hall–Kier alpha value is -1.00. The van der Waals surface area contributed by atoms with Crippen LogP contribution in [-0.2, 0) is 5.41 Å². The first-order chi connectivity index (χ1) is 7.71. The summed E-state index contributed by atoms with van der Waals surface area (Å²) in [5, 5.41) is 12.6. The van der Waals surface area contributed by atoms with Crippen LogP contribution in [0.1, 0.15) is 18.4 Å². The quantitative estimate of drug-likeness (QED) is 0.749. The van der Waals surface area contributed by atoms with E-state index in [1.807, 2.05) is 0 Å². The molecule has 2 N–H and O–H groups in total. The number of hydrogen-bond donors (Lipinski definition) is 2. The van der Waals surface area contributed by atoms with Crippen molar-refractivity contribution in [2.75, 3.05) is 19.7 Å². The number of ether oxygens (including phenoxy) is 1. The van der Waals surface area contributed by atoms with Crippen molar-refractivity contribution < 1.29 is 14.2 Å². The van der Waals surface area contributed by atoms with Crippen LogP contribution in [0.15, 0.2) is 12.1 Å². The highest BCUT2D eigenvalue weighted by atomic mass is 35.5. The van der Waals surface area contributed by atoms with E-state index < -0.39 is 5.82 Å². The molecule has 1 fully saturated rings. The topological polar surface area (TPSA) is 41.5 Å².